The maximum atomic E-state index is 14.4. The van der Waals surface area contributed by atoms with Gasteiger partial charge >= 0.3 is 5.97 Å². The number of esters is 1. The van der Waals surface area contributed by atoms with Crippen LogP contribution in [-0.4, -0.2) is 167 Å². The predicted molar refractivity (Wildman–Crippen MR) is 213 cm³/mol. The van der Waals surface area contributed by atoms with E-state index in [0.717, 1.165) is 6.26 Å². The van der Waals surface area contributed by atoms with Crippen molar-refractivity contribution >= 4 is 16.0 Å². The van der Waals surface area contributed by atoms with Gasteiger partial charge in [-0.15, -0.1) is 0 Å². The lowest BCUT2D eigenvalue weighted by Crippen LogP contribution is -2.62. The summed E-state index contributed by atoms with van der Waals surface area (Å²) in [6, 6.07) is -0.994. The van der Waals surface area contributed by atoms with Crippen molar-refractivity contribution in [3.8, 4) is 0 Å². The van der Waals surface area contributed by atoms with Gasteiger partial charge in [-0.05, 0) is 80.8 Å². The minimum atomic E-state index is -3.83. The van der Waals surface area contributed by atoms with Gasteiger partial charge in [0.15, 0.2) is 12.6 Å². The number of rotatable bonds is 11. The highest BCUT2D eigenvalue weighted by Crippen LogP contribution is 2.42. The first kappa shape index (κ1) is 50.3. The third kappa shape index (κ3) is 11.5. The van der Waals surface area contributed by atoms with Crippen LogP contribution >= 0.6 is 0 Å². The SMILES string of the molecule is CC[C@H]1OC(=O)[C@H](C)[C@@H](O[C@H]2C[C@@](C)(OC)[C@@H](O)[C@H](C)O2)[C@H](C)[C@@H](O[C@@H]2O[C@H](C)C[C@H](N(C)C)[C@H]2OC)[C@@](C)(OC)C[C@@H](C)[C@H](NS(C)(=O)=O)[C@H](C)[C@@H](O)[C@]1(C)O. The third-order valence-corrected chi connectivity index (χ3v) is 13.9. The number of hydrogen-bond acceptors (Lipinski definition) is 15. The van der Waals surface area contributed by atoms with E-state index in [9.17, 15) is 28.5 Å². The number of ether oxygens (including phenoxy) is 8. The summed E-state index contributed by atoms with van der Waals surface area (Å²) in [5.74, 6) is -3.82. The van der Waals surface area contributed by atoms with Gasteiger partial charge in [-0.1, -0.05) is 27.7 Å². The quantitative estimate of drug-likeness (QED) is 0.221. The second kappa shape index (κ2) is 19.8. The standard InChI is InChI=1S/C40H76N2O14S/c1-17-28-40(10,46)33(43)23(4)30(41-57(16,47)48)21(2)19-39(9,51-15)35(56-37-32(49-13)27(42(11)12)18-22(3)52-37)24(5)31(25(6)36(45)54-28)55-29-20-38(8,50-14)34(44)26(7)53-29/h21-35,37,41,43-44,46H,17-20H2,1-16H3/t21-,22-,23+,24+,25-,26+,27+,28-,29+,30+,31+,32-,33-,34+,35-,37+,38-,39+,40-/m1/s1. The number of aliphatic hydroxyl groups is 3. The van der Waals surface area contributed by atoms with Crippen molar-refractivity contribution in [3.63, 3.8) is 0 Å². The zero-order chi connectivity index (χ0) is 43.6. The van der Waals surface area contributed by atoms with Crippen LogP contribution in [0.15, 0.2) is 0 Å². The van der Waals surface area contributed by atoms with E-state index >= 15 is 0 Å². The number of methoxy groups -OCH3 is 3. The van der Waals surface area contributed by atoms with E-state index in [1.807, 2.05) is 41.8 Å². The molecule has 3 heterocycles. The van der Waals surface area contributed by atoms with Gasteiger partial charge in [0.25, 0.3) is 0 Å². The molecule has 17 heteroatoms. The van der Waals surface area contributed by atoms with Gasteiger partial charge in [-0.2, -0.15) is 0 Å². The summed E-state index contributed by atoms with van der Waals surface area (Å²) in [5, 5.41) is 34.8. The number of nitrogens with zero attached hydrogens (tertiary/aromatic N) is 1. The smallest absolute Gasteiger partial charge is 0.311 e. The zero-order valence-electron chi connectivity index (χ0n) is 37.3. The van der Waals surface area contributed by atoms with E-state index in [1.54, 1.807) is 48.8 Å². The van der Waals surface area contributed by atoms with Crippen LogP contribution in [0.3, 0.4) is 0 Å². The third-order valence-electron chi connectivity index (χ3n) is 13.2. The Balaban J connectivity index is 2.32. The van der Waals surface area contributed by atoms with Crippen molar-refractivity contribution in [2.45, 2.75) is 185 Å². The molecule has 0 unspecified atom stereocenters. The summed E-state index contributed by atoms with van der Waals surface area (Å²) in [5.41, 5.74) is -4.27. The van der Waals surface area contributed by atoms with Gasteiger partial charge < -0.3 is 58.1 Å². The molecule has 0 aromatic rings. The Kier molecular flexibility index (Phi) is 17.4. The van der Waals surface area contributed by atoms with E-state index in [-0.39, 0.29) is 31.4 Å². The lowest BCUT2D eigenvalue weighted by Gasteiger charge is -2.51. The van der Waals surface area contributed by atoms with Gasteiger partial charge in [-0.3, -0.25) is 4.79 Å². The number of cyclic esters (lactones) is 1. The number of hydrogen-bond donors (Lipinski definition) is 4. The fraction of sp³-hybridized carbons (Fsp3) is 0.975. The highest BCUT2D eigenvalue weighted by molar-refractivity contribution is 7.88. The van der Waals surface area contributed by atoms with Gasteiger partial charge in [0, 0.05) is 51.7 Å². The Bertz CT molecular complexity index is 1410. The molecule has 3 rings (SSSR count). The van der Waals surface area contributed by atoms with E-state index < -0.39 is 118 Å². The van der Waals surface area contributed by atoms with E-state index in [4.69, 9.17) is 37.9 Å². The molecule has 3 aliphatic heterocycles. The molecule has 0 bridgehead atoms. The first-order chi connectivity index (χ1) is 26.2. The second-order valence-corrected chi connectivity index (χ2v) is 19.8. The Morgan fingerprint density at radius 1 is 0.877 bits per heavy atom. The number of aliphatic hydroxyl groups excluding tert-OH is 2. The van der Waals surface area contributed by atoms with Crippen molar-refractivity contribution in [1.82, 2.24) is 9.62 Å². The molecular weight excluding hydrogens is 765 g/mol. The average molecular weight is 841 g/mol. The average Bonchev–Trinajstić information content (AvgIpc) is 3.13. The molecule has 3 aliphatic rings. The number of nitrogens with one attached hydrogen (secondary N) is 1. The van der Waals surface area contributed by atoms with Crippen molar-refractivity contribution in [2.75, 3.05) is 41.7 Å². The largest absolute Gasteiger partial charge is 0.459 e. The zero-order valence-corrected chi connectivity index (χ0v) is 38.1. The van der Waals surface area contributed by atoms with E-state index in [2.05, 4.69) is 9.62 Å². The van der Waals surface area contributed by atoms with Crippen LogP contribution in [0.25, 0.3) is 0 Å². The van der Waals surface area contributed by atoms with E-state index in [1.165, 1.54) is 14.0 Å². The van der Waals surface area contributed by atoms with Crippen molar-refractivity contribution in [1.29, 1.82) is 0 Å². The Morgan fingerprint density at radius 2 is 1.47 bits per heavy atom. The summed E-state index contributed by atoms with van der Waals surface area (Å²) in [6.45, 7) is 17.5. The van der Waals surface area contributed by atoms with Crippen LogP contribution in [0.4, 0.5) is 0 Å². The molecule has 0 amide bonds. The Hall–Kier alpha value is -1.06. The number of sulfonamides is 1. The summed E-state index contributed by atoms with van der Waals surface area (Å²) in [4.78, 5) is 16.5. The van der Waals surface area contributed by atoms with Gasteiger partial charge in [-0.25, -0.2) is 13.1 Å². The summed E-state index contributed by atoms with van der Waals surface area (Å²) in [7, 11) is 4.75. The molecule has 0 aromatic carbocycles. The Morgan fingerprint density at radius 3 is 1.98 bits per heavy atom. The predicted octanol–water partition coefficient (Wildman–Crippen LogP) is 2.44. The normalized spacial score (nSPS) is 47.3. The highest BCUT2D eigenvalue weighted by atomic mass is 32.2. The van der Waals surface area contributed by atoms with Crippen LogP contribution in [0, 0.1) is 23.7 Å². The molecular formula is C40H76N2O14S. The van der Waals surface area contributed by atoms with Gasteiger partial charge in [0.2, 0.25) is 10.0 Å². The molecule has 19 atom stereocenters. The Labute approximate surface area is 341 Å². The van der Waals surface area contributed by atoms with E-state index in [0.29, 0.717) is 6.42 Å². The molecule has 0 radical (unpaired) electrons. The molecule has 16 nitrogen and oxygen atoms in total. The molecule has 3 saturated heterocycles. The van der Waals surface area contributed by atoms with Crippen LogP contribution in [0.2, 0.25) is 0 Å². The van der Waals surface area contributed by atoms with Gasteiger partial charge in [0.1, 0.15) is 23.9 Å². The molecule has 4 N–H and O–H groups in total. The van der Waals surface area contributed by atoms with Crippen LogP contribution in [-0.2, 0) is 52.7 Å². The summed E-state index contributed by atoms with van der Waals surface area (Å²) in [6.07, 6.45) is -6.75. The first-order valence-corrected chi connectivity index (χ1v) is 22.3. The minimum absolute atomic E-state index is 0.0778. The van der Waals surface area contributed by atoms with Crippen LogP contribution in [0.1, 0.15) is 94.9 Å². The summed E-state index contributed by atoms with van der Waals surface area (Å²) < 4.78 is 79.5. The number of carbonyl (C=O) groups is 1. The molecule has 0 aromatic heterocycles. The fourth-order valence-corrected chi connectivity index (χ4v) is 10.4. The lowest BCUT2D eigenvalue weighted by molar-refractivity contribution is -0.321. The fourth-order valence-electron chi connectivity index (χ4n) is 9.49. The van der Waals surface area contributed by atoms with Gasteiger partial charge in [0.05, 0.1) is 53.9 Å². The van der Waals surface area contributed by atoms with Crippen LogP contribution in [0.5, 0.6) is 0 Å². The maximum Gasteiger partial charge on any atom is 0.311 e. The number of likely N-dealkylation sites (N-methyl/N-ethyl adjacent to an activating group) is 1. The maximum absolute atomic E-state index is 14.4. The van der Waals surface area contributed by atoms with Crippen molar-refractivity contribution in [2.24, 2.45) is 23.7 Å². The highest BCUT2D eigenvalue weighted by Gasteiger charge is 2.54. The topological polar surface area (TPSA) is 201 Å². The molecule has 3 fully saturated rings. The molecule has 57 heavy (non-hydrogen) atoms. The summed E-state index contributed by atoms with van der Waals surface area (Å²) >= 11 is 0. The lowest BCUT2D eigenvalue weighted by atomic mass is 9.72. The molecule has 0 spiro atoms. The van der Waals surface area contributed by atoms with Crippen molar-refractivity contribution < 1.29 is 66.4 Å². The first-order valence-electron chi connectivity index (χ1n) is 20.4. The van der Waals surface area contributed by atoms with Crippen molar-refractivity contribution in [3.05, 3.63) is 0 Å². The second-order valence-electron chi connectivity index (χ2n) is 18.0. The molecule has 0 saturated carbocycles. The molecule has 0 aliphatic carbocycles. The monoisotopic (exact) mass is 841 g/mol. The minimum Gasteiger partial charge on any atom is -0.459 e. The van der Waals surface area contributed by atoms with Crippen LogP contribution < -0.4 is 4.72 Å². The number of carbonyl (C=O) groups excluding carboxylic acids is 1. The molecule has 336 valence electrons.